The SMILES string of the molecule is CC(C)Oc1cc2c(OCC[C@@H]3C[C@@](F)(CO)C(=O)N3)nccc2cc1C(N)=O. The molecule has 8 nitrogen and oxygen atoms in total. The van der Waals surface area contributed by atoms with Crippen LogP contribution in [0.3, 0.4) is 0 Å². The summed E-state index contributed by atoms with van der Waals surface area (Å²) in [5.74, 6) is -0.740. The van der Waals surface area contributed by atoms with Crippen LogP contribution in [0.15, 0.2) is 24.4 Å². The van der Waals surface area contributed by atoms with Gasteiger partial charge in [-0.15, -0.1) is 0 Å². The van der Waals surface area contributed by atoms with Gasteiger partial charge in [0.25, 0.3) is 11.8 Å². The number of amides is 2. The fraction of sp³-hybridized carbons (Fsp3) is 0.450. The molecular formula is C20H24FN3O5. The molecule has 0 bridgehead atoms. The number of rotatable bonds is 8. The van der Waals surface area contributed by atoms with E-state index in [2.05, 4.69) is 10.3 Å². The summed E-state index contributed by atoms with van der Waals surface area (Å²) in [6.07, 6.45) is 1.62. The minimum atomic E-state index is -2.24. The van der Waals surface area contributed by atoms with Crippen molar-refractivity contribution in [2.45, 2.75) is 44.5 Å². The number of hydrogen-bond acceptors (Lipinski definition) is 6. The second-order valence-corrected chi connectivity index (χ2v) is 7.35. The largest absolute Gasteiger partial charge is 0.490 e. The summed E-state index contributed by atoms with van der Waals surface area (Å²) in [5, 5.41) is 12.9. The molecule has 3 rings (SSSR count). The summed E-state index contributed by atoms with van der Waals surface area (Å²) in [5.41, 5.74) is 3.49. The Labute approximate surface area is 167 Å². The summed E-state index contributed by atoms with van der Waals surface area (Å²) in [7, 11) is 0. The van der Waals surface area contributed by atoms with E-state index in [0.717, 1.165) is 0 Å². The van der Waals surface area contributed by atoms with Gasteiger partial charge in [0.15, 0.2) is 0 Å². The summed E-state index contributed by atoms with van der Waals surface area (Å²) in [4.78, 5) is 27.6. The van der Waals surface area contributed by atoms with Crippen LogP contribution in [0.5, 0.6) is 11.6 Å². The maximum Gasteiger partial charge on any atom is 0.260 e. The molecule has 0 unspecified atom stereocenters. The Morgan fingerprint density at radius 1 is 1.48 bits per heavy atom. The number of ether oxygens (including phenoxy) is 2. The van der Waals surface area contributed by atoms with Gasteiger partial charge in [0.1, 0.15) is 5.75 Å². The third-order valence-electron chi connectivity index (χ3n) is 4.72. The summed E-state index contributed by atoms with van der Waals surface area (Å²) in [6.45, 7) is 3.00. The molecule has 2 heterocycles. The molecule has 1 aliphatic rings. The number of fused-ring (bicyclic) bond motifs is 1. The van der Waals surface area contributed by atoms with E-state index in [9.17, 15) is 14.0 Å². The minimum absolute atomic E-state index is 0.108. The lowest BCUT2D eigenvalue weighted by molar-refractivity contribution is -0.131. The second-order valence-electron chi connectivity index (χ2n) is 7.35. The van der Waals surface area contributed by atoms with Gasteiger partial charge in [-0.1, -0.05) is 0 Å². The molecule has 2 amide bonds. The van der Waals surface area contributed by atoms with Gasteiger partial charge < -0.3 is 25.6 Å². The van der Waals surface area contributed by atoms with Crippen molar-refractivity contribution in [2.24, 2.45) is 5.73 Å². The van der Waals surface area contributed by atoms with Gasteiger partial charge in [0, 0.05) is 30.5 Å². The first-order valence-electron chi connectivity index (χ1n) is 9.36. The normalized spacial score (nSPS) is 21.4. The van der Waals surface area contributed by atoms with Gasteiger partial charge in [-0.3, -0.25) is 9.59 Å². The average Bonchev–Trinajstić information content (AvgIpc) is 2.95. The monoisotopic (exact) mass is 405 g/mol. The van der Waals surface area contributed by atoms with E-state index in [1.165, 1.54) is 0 Å². The molecular weight excluding hydrogens is 381 g/mol. The number of alkyl halides is 1. The van der Waals surface area contributed by atoms with Crippen molar-refractivity contribution in [2.75, 3.05) is 13.2 Å². The molecule has 1 aliphatic heterocycles. The zero-order valence-electron chi connectivity index (χ0n) is 16.3. The lowest BCUT2D eigenvalue weighted by Gasteiger charge is -2.16. The standard InChI is InChI=1S/C20H24FN3O5/c1-11(2)29-16-8-14-12(7-15(16)17(22)26)3-5-23-18(14)28-6-4-13-9-20(21,10-25)19(27)24-13/h3,5,7-8,11,13,25H,4,6,9-10H2,1-2H3,(H2,22,26)(H,24,27)/t13-,20-/m1/s1. The summed E-state index contributed by atoms with van der Waals surface area (Å²) in [6, 6.07) is 4.58. The molecule has 1 aromatic carbocycles. The zero-order valence-corrected chi connectivity index (χ0v) is 16.3. The first kappa shape index (κ1) is 20.8. The van der Waals surface area contributed by atoms with E-state index in [4.69, 9.17) is 20.3 Å². The predicted molar refractivity (Wildman–Crippen MR) is 104 cm³/mol. The van der Waals surface area contributed by atoms with Crippen molar-refractivity contribution < 1.29 is 28.6 Å². The highest BCUT2D eigenvalue weighted by Crippen LogP contribution is 2.32. The molecule has 1 saturated heterocycles. The molecule has 29 heavy (non-hydrogen) atoms. The van der Waals surface area contributed by atoms with Crippen LogP contribution >= 0.6 is 0 Å². The smallest absolute Gasteiger partial charge is 0.260 e. The minimum Gasteiger partial charge on any atom is -0.490 e. The van der Waals surface area contributed by atoms with Crippen LogP contribution in [0.2, 0.25) is 0 Å². The van der Waals surface area contributed by atoms with Gasteiger partial charge in [-0.2, -0.15) is 0 Å². The van der Waals surface area contributed by atoms with Crippen molar-refractivity contribution in [1.29, 1.82) is 0 Å². The third-order valence-corrected chi connectivity index (χ3v) is 4.72. The number of hydrogen-bond donors (Lipinski definition) is 3. The highest BCUT2D eigenvalue weighted by atomic mass is 19.1. The second kappa shape index (κ2) is 8.20. The number of nitrogens with one attached hydrogen (secondary N) is 1. The van der Waals surface area contributed by atoms with Crippen molar-refractivity contribution >= 4 is 22.6 Å². The Kier molecular flexibility index (Phi) is 5.88. The van der Waals surface area contributed by atoms with E-state index in [1.807, 2.05) is 13.8 Å². The number of carbonyl (C=O) groups excluding carboxylic acids is 2. The van der Waals surface area contributed by atoms with E-state index in [0.29, 0.717) is 28.8 Å². The lowest BCUT2D eigenvalue weighted by atomic mass is 10.0. The Bertz CT molecular complexity index is 936. The first-order valence-corrected chi connectivity index (χ1v) is 9.36. The number of primary amides is 1. The Morgan fingerprint density at radius 2 is 2.24 bits per heavy atom. The van der Waals surface area contributed by atoms with Gasteiger partial charge in [-0.05, 0) is 37.4 Å². The highest BCUT2D eigenvalue weighted by Gasteiger charge is 2.46. The fourth-order valence-corrected chi connectivity index (χ4v) is 3.29. The van der Waals surface area contributed by atoms with Crippen molar-refractivity contribution in [3.8, 4) is 11.6 Å². The van der Waals surface area contributed by atoms with Crippen molar-refractivity contribution in [3.63, 3.8) is 0 Å². The molecule has 1 aromatic heterocycles. The van der Waals surface area contributed by atoms with Crippen molar-refractivity contribution in [3.05, 3.63) is 30.0 Å². The maximum atomic E-state index is 14.1. The number of nitrogens with two attached hydrogens (primary N) is 1. The summed E-state index contributed by atoms with van der Waals surface area (Å²) >= 11 is 0. The Morgan fingerprint density at radius 3 is 2.86 bits per heavy atom. The van der Waals surface area contributed by atoms with Crippen LogP contribution in [0, 0.1) is 0 Å². The average molecular weight is 405 g/mol. The molecule has 0 aliphatic carbocycles. The molecule has 0 saturated carbocycles. The van der Waals surface area contributed by atoms with Gasteiger partial charge in [-0.25, -0.2) is 9.37 Å². The number of aliphatic hydroxyl groups is 1. The number of aromatic nitrogens is 1. The predicted octanol–water partition coefficient (Wildman–Crippen LogP) is 1.48. The van der Waals surface area contributed by atoms with Gasteiger partial charge in [0.05, 0.1) is 24.9 Å². The fourth-order valence-electron chi connectivity index (χ4n) is 3.29. The Balaban J connectivity index is 1.77. The van der Waals surface area contributed by atoms with Crippen LogP contribution in [0.1, 0.15) is 37.0 Å². The molecule has 0 radical (unpaired) electrons. The van der Waals surface area contributed by atoms with E-state index in [1.54, 1.807) is 24.4 Å². The first-order chi connectivity index (χ1) is 13.7. The van der Waals surface area contributed by atoms with Gasteiger partial charge in [0.2, 0.25) is 11.5 Å². The van der Waals surface area contributed by atoms with Crippen molar-refractivity contribution in [1.82, 2.24) is 10.3 Å². The number of halogens is 1. The number of benzene rings is 1. The van der Waals surface area contributed by atoms with Crippen LogP contribution in [-0.2, 0) is 4.79 Å². The molecule has 2 atom stereocenters. The molecule has 9 heteroatoms. The molecule has 0 spiro atoms. The molecule has 4 N–H and O–H groups in total. The van der Waals surface area contributed by atoms with Gasteiger partial charge >= 0.3 is 0 Å². The summed E-state index contributed by atoms with van der Waals surface area (Å²) < 4.78 is 25.6. The number of nitrogens with zero attached hydrogens (tertiary/aromatic N) is 1. The maximum absolute atomic E-state index is 14.1. The quantitative estimate of drug-likeness (QED) is 0.611. The topological polar surface area (TPSA) is 124 Å². The molecule has 156 valence electrons. The molecule has 2 aromatic rings. The third kappa shape index (κ3) is 4.40. The van der Waals surface area contributed by atoms with E-state index in [-0.39, 0.29) is 24.7 Å². The van der Waals surface area contributed by atoms with E-state index >= 15 is 0 Å². The number of pyridine rings is 1. The lowest BCUT2D eigenvalue weighted by Crippen LogP contribution is -2.37. The van der Waals surface area contributed by atoms with Crippen LogP contribution in [0.4, 0.5) is 4.39 Å². The Hall–Kier alpha value is -2.94. The highest BCUT2D eigenvalue weighted by molar-refractivity contribution is 6.01. The van der Waals surface area contributed by atoms with Crippen LogP contribution in [-0.4, -0.2) is 52.9 Å². The van der Waals surface area contributed by atoms with E-state index < -0.39 is 30.1 Å². The molecule has 1 fully saturated rings. The van der Waals surface area contributed by atoms with Crippen LogP contribution in [0.25, 0.3) is 10.8 Å². The number of carbonyl (C=O) groups is 2. The van der Waals surface area contributed by atoms with Crippen LogP contribution < -0.4 is 20.5 Å². The zero-order chi connectivity index (χ0) is 21.2. The number of aliphatic hydroxyl groups excluding tert-OH is 1.